The van der Waals surface area contributed by atoms with Gasteiger partial charge in [0, 0.05) is 6.04 Å². The van der Waals surface area contributed by atoms with Gasteiger partial charge < -0.3 is 20.5 Å². The second-order valence-electron chi connectivity index (χ2n) is 9.78. The van der Waals surface area contributed by atoms with E-state index in [0.717, 1.165) is 57.1 Å². The van der Waals surface area contributed by atoms with E-state index >= 15 is 0 Å². The van der Waals surface area contributed by atoms with Gasteiger partial charge in [0.15, 0.2) is 0 Å². The van der Waals surface area contributed by atoms with Crippen molar-refractivity contribution in [2.24, 2.45) is 17.8 Å². The van der Waals surface area contributed by atoms with Crippen LogP contribution in [0, 0.1) is 17.8 Å². The second kappa shape index (κ2) is 7.12. The summed E-state index contributed by atoms with van der Waals surface area (Å²) in [7, 11) is 0. The fourth-order valence-electron chi connectivity index (χ4n) is 6.61. The van der Waals surface area contributed by atoms with Crippen LogP contribution >= 0.6 is 0 Å². The topological polar surface area (TPSA) is 70.6 Å². The maximum atomic E-state index is 13.4. The number of nitrogens with one attached hydrogen (secondary N) is 2. The zero-order valence-corrected chi connectivity index (χ0v) is 16.5. The highest BCUT2D eigenvalue weighted by molar-refractivity contribution is 5.87. The van der Waals surface area contributed by atoms with Gasteiger partial charge in [0.05, 0.1) is 18.8 Å². The number of carbonyl (C=O) groups excluding carboxylic acids is 1. The Labute approximate surface area is 167 Å². The molecule has 1 saturated heterocycles. The highest BCUT2D eigenvalue weighted by Gasteiger charge is 2.56. The van der Waals surface area contributed by atoms with Crippen LogP contribution in [0.1, 0.15) is 50.5 Å². The molecule has 0 radical (unpaired) electrons. The lowest BCUT2D eigenvalue weighted by molar-refractivity contribution is -0.150. The molecule has 0 spiro atoms. The van der Waals surface area contributed by atoms with Crippen LogP contribution in [0.15, 0.2) is 30.3 Å². The maximum Gasteiger partial charge on any atom is 0.242 e. The molecule has 5 nitrogen and oxygen atoms in total. The number of hydrogen-bond donors (Lipinski definition) is 3. The quantitative estimate of drug-likeness (QED) is 0.704. The average molecular weight is 385 g/mol. The molecule has 5 heteroatoms. The summed E-state index contributed by atoms with van der Waals surface area (Å²) in [5.74, 6) is 1.62. The molecule has 1 amide bonds. The van der Waals surface area contributed by atoms with Crippen LogP contribution in [-0.4, -0.2) is 41.3 Å². The van der Waals surface area contributed by atoms with Gasteiger partial charge in [0.1, 0.15) is 5.54 Å². The molecule has 4 saturated carbocycles. The van der Waals surface area contributed by atoms with E-state index in [9.17, 15) is 9.90 Å². The van der Waals surface area contributed by atoms with E-state index in [1.807, 2.05) is 30.3 Å². The number of carbonyl (C=O) groups is 1. The summed E-state index contributed by atoms with van der Waals surface area (Å²) in [6, 6.07) is 10.3. The van der Waals surface area contributed by atoms with Gasteiger partial charge in [-0.25, -0.2) is 0 Å². The van der Waals surface area contributed by atoms with E-state index in [4.69, 9.17) is 4.74 Å². The number of hydrogen-bond acceptors (Lipinski definition) is 4. The molecule has 3 N–H and O–H groups in total. The van der Waals surface area contributed by atoms with E-state index in [1.165, 1.54) is 0 Å². The van der Waals surface area contributed by atoms with Crippen molar-refractivity contribution in [2.45, 2.75) is 68.7 Å². The summed E-state index contributed by atoms with van der Waals surface area (Å²) in [6.45, 7) is 1.80. The van der Waals surface area contributed by atoms with Crippen LogP contribution in [0.3, 0.4) is 0 Å². The Kier molecular flexibility index (Phi) is 4.73. The molecule has 28 heavy (non-hydrogen) atoms. The average Bonchev–Trinajstić information content (AvgIpc) is 3.14. The molecule has 3 atom stereocenters. The van der Waals surface area contributed by atoms with Gasteiger partial charge in [-0.3, -0.25) is 4.79 Å². The van der Waals surface area contributed by atoms with Crippen LogP contribution in [0.5, 0.6) is 0 Å². The summed E-state index contributed by atoms with van der Waals surface area (Å²) in [5.41, 5.74) is 0.0607. The van der Waals surface area contributed by atoms with Crippen molar-refractivity contribution < 1.29 is 14.6 Å². The minimum absolute atomic E-state index is 0.0996. The van der Waals surface area contributed by atoms with Crippen molar-refractivity contribution >= 4 is 5.91 Å². The lowest BCUT2D eigenvalue weighted by atomic mass is 9.52. The highest BCUT2D eigenvalue weighted by Crippen LogP contribution is 2.55. The van der Waals surface area contributed by atoms with Gasteiger partial charge in [0.2, 0.25) is 5.91 Å². The minimum Gasteiger partial charge on any atom is -0.390 e. The molecule has 6 rings (SSSR count). The molecule has 4 bridgehead atoms. The molecule has 4 aliphatic carbocycles. The standard InChI is InChI=1S/C23H32N2O3/c26-21(25-20-18-9-17-10-19(20)13-22(27,11-17)12-18)23(7-4-8-24-23)15-28-14-16-5-2-1-3-6-16/h1-3,5-6,17-20,24,27H,4,7-15H2,(H,25,26). The predicted molar refractivity (Wildman–Crippen MR) is 107 cm³/mol. The van der Waals surface area contributed by atoms with Crippen molar-refractivity contribution in [3.05, 3.63) is 35.9 Å². The molecule has 1 aromatic rings. The smallest absolute Gasteiger partial charge is 0.242 e. The van der Waals surface area contributed by atoms with E-state index in [1.54, 1.807) is 0 Å². The summed E-state index contributed by atoms with van der Waals surface area (Å²) in [6.07, 6.45) is 6.83. The molecular formula is C23H32N2O3. The third-order valence-corrected chi connectivity index (χ3v) is 7.68. The lowest BCUT2D eigenvalue weighted by Crippen LogP contribution is -2.65. The Morgan fingerprint density at radius 3 is 2.57 bits per heavy atom. The van der Waals surface area contributed by atoms with Gasteiger partial charge in [-0.1, -0.05) is 30.3 Å². The summed E-state index contributed by atoms with van der Waals surface area (Å²) >= 11 is 0. The lowest BCUT2D eigenvalue weighted by Gasteiger charge is -2.58. The summed E-state index contributed by atoms with van der Waals surface area (Å²) < 4.78 is 5.99. The fraction of sp³-hybridized carbons (Fsp3) is 0.696. The van der Waals surface area contributed by atoms with Crippen molar-refractivity contribution in [3.63, 3.8) is 0 Å². The monoisotopic (exact) mass is 384 g/mol. The number of amides is 1. The molecule has 5 fully saturated rings. The highest BCUT2D eigenvalue weighted by atomic mass is 16.5. The van der Waals surface area contributed by atoms with Gasteiger partial charge in [0.25, 0.3) is 0 Å². The Morgan fingerprint density at radius 2 is 1.93 bits per heavy atom. The fourth-order valence-corrected chi connectivity index (χ4v) is 6.61. The zero-order chi connectivity index (χ0) is 19.2. The van der Waals surface area contributed by atoms with E-state index in [0.29, 0.717) is 31.0 Å². The van der Waals surface area contributed by atoms with Crippen LogP contribution < -0.4 is 10.6 Å². The van der Waals surface area contributed by atoms with E-state index in [-0.39, 0.29) is 11.9 Å². The summed E-state index contributed by atoms with van der Waals surface area (Å²) in [5, 5.41) is 17.7. The molecule has 152 valence electrons. The third kappa shape index (κ3) is 3.38. The van der Waals surface area contributed by atoms with E-state index in [2.05, 4.69) is 10.6 Å². The van der Waals surface area contributed by atoms with Crippen molar-refractivity contribution in [1.29, 1.82) is 0 Å². The van der Waals surface area contributed by atoms with Crippen LogP contribution in [-0.2, 0) is 16.1 Å². The maximum absolute atomic E-state index is 13.4. The normalized spacial score (nSPS) is 41.3. The predicted octanol–water partition coefficient (Wildman–Crippen LogP) is 2.38. The Hall–Kier alpha value is -1.43. The Bertz CT molecular complexity index is 700. The van der Waals surface area contributed by atoms with Crippen LogP contribution in [0.2, 0.25) is 0 Å². The van der Waals surface area contributed by atoms with E-state index < -0.39 is 11.1 Å². The number of aliphatic hydroxyl groups is 1. The number of ether oxygens (including phenoxy) is 1. The van der Waals surface area contributed by atoms with Gasteiger partial charge in [-0.2, -0.15) is 0 Å². The van der Waals surface area contributed by atoms with Crippen molar-refractivity contribution in [1.82, 2.24) is 10.6 Å². The van der Waals surface area contributed by atoms with Gasteiger partial charge in [-0.05, 0) is 74.8 Å². The molecule has 0 aromatic heterocycles. The minimum atomic E-state index is -0.611. The SMILES string of the molecule is O=C(NC1C2CC3CC1CC(O)(C3)C2)C1(COCc2ccccc2)CCCN1. The second-order valence-corrected chi connectivity index (χ2v) is 9.78. The van der Waals surface area contributed by atoms with Crippen molar-refractivity contribution in [3.8, 4) is 0 Å². The van der Waals surface area contributed by atoms with Crippen LogP contribution in [0.25, 0.3) is 0 Å². The first-order valence-electron chi connectivity index (χ1n) is 11.0. The molecule has 1 aromatic carbocycles. The molecule has 5 aliphatic rings. The summed E-state index contributed by atoms with van der Waals surface area (Å²) in [4.78, 5) is 13.4. The first kappa shape index (κ1) is 18.6. The van der Waals surface area contributed by atoms with Gasteiger partial charge >= 0.3 is 0 Å². The molecule has 3 unspecified atom stereocenters. The molecule has 1 aliphatic heterocycles. The Morgan fingerprint density at radius 1 is 1.18 bits per heavy atom. The number of rotatable bonds is 6. The first-order chi connectivity index (χ1) is 13.6. The van der Waals surface area contributed by atoms with Gasteiger partial charge in [-0.15, -0.1) is 0 Å². The molecule has 1 heterocycles. The number of benzene rings is 1. The third-order valence-electron chi connectivity index (χ3n) is 7.68. The first-order valence-corrected chi connectivity index (χ1v) is 11.0. The largest absolute Gasteiger partial charge is 0.390 e. The molecular weight excluding hydrogens is 352 g/mol. The zero-order valence-electron chi connectivity index (χ0n) is 16.5. The Balaban J connectivity index is 1.23. The van der Waals surface area contributed by atoms with Crippen LogP contribution in [0.4, 0.5) is 0 Å². The van der Waals surface area contributed by atoms with Crippen molar-refractivity contribution in [2.75, 3.05) is 13.2 Å².